The van der Waals surface area contributed by atoms with Crippen molar-refractivity contribution in [3.8, 4) is 5.88 Å². The molecule has 3 aromatic rings. The number of ether oxygens (including phenoxy) is 1. The first-order chi connectivity index (χ1) is 16.5. The van der Waals surface area contributed by atoms with E-state index >= 15 is 0 Å². The molecule has 1 atom stereocenters. The predicted molar refractivity (Wildman–Crippen MR) is 126 cm³/mol. The highest BCUT2D eigenvalue weighted by Gasteiger charge is 2.38. The first-order valence-electron chi connectivity index (χ1n) is 10.5. The summed E-state index contributed by atoms with van der Waals surface area (Å²) < 4.78 is 39.6. The number of hydrogen-bond donors (Lipinski definition) is 2. The summed E-state index contributed by atoms with van der Waals surface area (Å²) in [7, 11) is -0.244. The molecule has 0 saturated heterocycles. The minimum atomic E-state index is -1.70. The zero-order chi connectivity index (χ0) is 25.5. The van der Waals surface area contributed by atoms with E-state index in [2.05, 4.69) is 10.3 Å². The van der Waals surface area contributed by atoms with Gasteiger partial charge in [-0.15, -0.1) is 0 Å². The van der Waals surface area contributed by atoms with E-state index in [1.165, 1.54) is 12.0 Å². The monoisotopic (exact) mass is 506 g/mol. The first kappa shape index (κ1) is 24.5. The number of carbonyl (C=O) groups excluding carboxylic acids is 2. The van der Waals surface area contributed by atoms with Crippen LogP contribution in [0, 0.1) is 11.6 Å². The molecule has 186 valence electrons. The molecule has 9 nitrogen and oxygen atoms in total. The number of H-pyrrole nitrogens is 1. The number of nitrogens with zero attached hydrogens (tertiary/aromatic N) is 2. The highest BCUT2D eigenvalue weighted by molar-refractivity contribution is 8.32. The van der Waals surface area contributed by atoms with Crippen molar-refractivity contribution < 1.29 is 27.6 Å². The number of aromatic nitrogens is 2. The van der Waals surface area contributed by atoms with E-state index in [9.17, 15) is 23.2 Å². The molecule has 2 amide bonds. The van der Waals surface area contributed by atoms with E-state index in [-0.39, 0.29) is 22.9 Å². The van der Waals surface area contributed by atoms with E-state index in [4.69, 9.17) is 9.26 Å². The number of fused-ring (bicyclic) bond motifs is 1. The lowest BCUT2D eigenvalue weighted by atomic mass is 9.95. The molecule has 4 rings (SSSR count). The second kappa shape index (κ2) is 9.17. The molecule has 12 heteroatoms. The summed E-state index contributed by atoms with van der Waals surface area (Å²) in [5.41, 5.74) is 0.252. The van der Waals surface area contributed by atoms with Gasteiger partial charge in [-0.25, -0.2) is 23.8 Å². The van der Waals surface area contributed by atoms with Crippen molar-refractivity contribution in [2.75, 3.05) is 37.7 Å². The number of benzene rings is 1. The van der Waals surface area contributed by atoms with Gasteiger partial charge in [-0.3, -0.25) is 14.4 Å². The quantitative estimate of drug-likeness (QED) is 0.549. The van der Waals surface area contributed by atoms with E-state index < -0.39 is 45.1 Å². The fourth-order valence-electron chi connectivity index (χ4n) is 4.04. The van der Waals surface area contributed by atoms with Gasteiger partial charge < -0.3 is 19.5 Å². The highest BCUT2D eigenvalue weighted by atomic mass is 32.3. The molecule has 0 aliphatic carbocycles. The van der Waals surface area contributed by atoms with Crippen LogP contribution in [-0.4, -0.2) is 59.3 Å². The standard InChI is InChI=1S/C23H24F2N4O5S/c1-33-19-6-5-13-16(27-19)7-8-29(23(32)17-11-18(30)28-34-17)20(13)22(31)26-12-9-14(24)21(15(25)10-12)35(2,3)4/h5-6,9-11,20H,7-8H2,1-4H3,(H,26,31)(H,28,30)/t20-/m0/s1. The van der Waals surface area contributed by atoms with Crippen LogP contribution in [0.25, 0.3) is 0 Å². The lowest BCUT2D eigenvalue weighted by molar-refractivity contribution is -0.121. The molecule has 0 spiro atoms. The van der Waals surface area contributed by atoms with E-state index in [1.54, 1.807) is 30.9 Å². The molecule has 1 aliphatic heterocycles. The summed E-state index contributed by atoms with van der Waals surface area (Å²) in [6.45, 7) is 0.0774. The van der Waals surface area contributed by atoms with Gasteiger partial charge in [0, 0.05) is 30.3 Å². The maximum absolute atomic E-state index is 14.7. The second-order valence-electron chi connectivity index (χ2n) is 8.71. The number of amides is 2. The van der Waals surface area contributed by atoms with Crippen LogP contribution < -0.4 is 15.6 Å². The Kier molecular flexibility index (Phi) is 6.41. The summed E-state index contributed by atoms with van der Waals surface area (Å²) in [6.07, 6.45) is 5.59. The van der Waals surface area contributed by atoms with Crippen LogP contribution in [0.2, 0.25) is 0 Å². The fourth-order valence-corrected chi connectivity index (χ4v) is 5.33. The molecule has 0 unspecified atom stereocenters. The van der Waals surface area contributed by atoms with Crippen LogP contribution in [0.5, 0.6) is 5.88 Å². The van der Waals surface area contributed by atoms with Crippen molar-refractivity contribution in [3.63, 3.8) is 0 Å². The molecule has 2 aromatic heterocycles. The van der Waals surface area contributed by atoms with E-state index in [1.807, 2.05) is 5.16 Å². The Balaban J connectivity index is 1.72. The number of methoxy groups -OCH3 is 1. The number of hydrogen-bond acceptors (Lipinski definition) is 6. The zero-order valence-electron chi connectivity index (χ0n) is 19.5. The minimum Gasteiger partial charge on any atom is -0.481 e. The Hall–Kier alpha value is -3.67. The third-order valence-corrected chi connectivity index (χ3v) is 7.13. The predicted octanol–water partition coefficient (Wildman–Crippen LogP) is 3.08. The third kappa shape index (κ3) is 4.78. The van der Waals surface area contributed by atoms with Crippen molar-refractivity contribution in [1.29, 1.82) is 0 Å². The molecule has 0 fully saturated rings. The van der Waals surface area contributed by atoms with Crippen molar-refractivity contribution >= 4 is 27.5 Å². The van der Waals surface area contributed by atoms with Crippen LogP contribution in [0.15, 0.2) is 44.5 Å². The van der Waals surface area contributed by atoms with Crippen LogP contribution in [-0.2, 0) is 11.2 Å². The van der Waals surface area contributed by atoms with E-state index in [0.29, 0.717) is 23.6 Å². The Morgan fingerprint density at radius 3 is 2.46 bits per heavy atom. The van der Waals surface area contributed by atoms with Crippen LogP contribution in [0.4, 0.5) is 14.5 Å². The first-order valence-corrected chi connectivity index (χ1v) is 13.4. The molecular formula is C23H24F2N4O5S. The van der Waals surface area contributed by atoms with Gasteiger partial charge in [0.05, 0.1) is 23.8 Å². The third-order valence-electron chi connectivity index (χ3n) is 5.51. The molecule has 0 radical (unpaired) electrons. The molecule has 1 aliphatic rings. The van der Waals surface area contributed by atoms with Gasteiger partial charge >= 0.3 is 0 Å². The van der Waals surface area contributed by atoms with Gasteiger partial charge in [0.2, 0.25) is 11.6 Å². The Labute approximate surface area is 200 Å². The molecule has 0 bridgehead atoms. The van der Waals surface area contributed by atoms with E-state index in [0.717, 1.165) is 18.2 Å². The molecule has 1 aromatic carbocycles. The number of rotatable bonds is 5. The second-order valence-corrected chi connectivity index (χ2v) is 12.8. The lowest BCUT2D eigenvalue weighted by Gasteiger charge is -2.35. The summed E-state index contributed by atoms with van der Waals surface area (Å²) in [6, 6.07) is 5.04. The average molecular weight is 507 g/mol. The smallest absolute Gasteiger partial charge is 0.293 e. The topological polar surface area (TPSA) is 118 Å². The Bertz CT molecular complexity index is 1340. The van der Waals surface area contributed by atoms with Gasteiger partial charge in [-0.1, -0.05) is 0 Å². The number of anilines is 1. The summed E-state index contributed by atoms with van der Waals surface area (Å²) >= 11 is 0. The Morgan fingerprint density at radius 1 is 1.20 bits per heavy atom. The number of nitrogens with one attached hydrogen (secondary N) is 2. The number of carbonyl (C=O) groups is 2. The van der Waals surface area contributed by atoms with Crippen molar-refractivity contribution in [2.45, 2.75) is 17.4 Å². The molecule has 3 heterocycles. The summed E-state index contributed by atoms with van der Waals surface area (Å²) in [4.78, 5) is 43.6. The zero-order valence-corrected chi connectivity index (χ0v) is 20.3. The minimum absolute atomic E-state index is 0.0194. The van der Waals surface area contributed by atoms with Crippen LogP contribution in [0.1, 0.15) is 27.9 Å². The van der Waals surface area contributed by atoms with Crippen molar-refractivity contribution in [1.82, 2.24) is 15.0 Å². The van der Waals surface area contributed by atoms with Gasteiger partial charge in [-0.2, -0.15) is 5.16 Å². The Morgan fingerprint density at radius 2 is 1.89 bits per heavy atom. The van der Waals surface area contributed by atoms with Gasteiger partial charge in [0.25, 0.3) is 17.4 Å². The number of pyridine rings is 1. The fraction of sp³-hybridized carbons (Fsp3) is 0.304. The number of aromatic amines is 1. The SMILES string of the molecule is COc1ccc2c(n1)CCN(C(=O)c1cc(=O)[nH]o1)[C@@H]2C(=O)Nc1cc(F)c(S(C)(C)C)c(F)c1. The largest absolute Gasteiger partial charge is 0.481 e. The molecule has 35 heavy (non-hydrogen) atoms. The van der Waals surface area contributed by atoms with Gasteiger partial charge in [0.1, 0.15) is 17.7 Å². The van der Waals surface area contributed by atoms with Gasteiger partial charge in [0.15, 0.2) is 0 Å². The van der Waals surface area contributed by atoms with Gasteiger partial charge in [-0.05, 0) is 37.0 Å². The summed E-state index contributed by atoms with van der Waals surface area (Å²) in [5.74, 6) is -2.87. The van der Waals surface area contributed by atoms with Crippen molar-refractivity contribution in [2.24, 2.45) is 0 Å². The maximum Gasteiger partial charge on any atom is 0.293 e. The number of halogens is 2. The molecule has 0 saturated carbocycles. The van der Waals surface area contributed by atoms with Crippen LogP contribution >= 0.6 is 10.0 Å². The molecular weight excluding hydrogens is 482 g/mol. The lowest BCUT2D eigenvalue weighted by Crippen LogP contribution is -2.45. The van der Waals surface area contributed by atoms with Crippen LogP contribution in [0.3, 0.4) is 0 Å². The maximum atomic E-state index is 14.7. The average Bonchev–Trinajstić information content (AvgIpc) is 3.22. The normalized spacial score (nSPS) is 15.9. The summed E-state index contributed by atoms with van der Waals surface area (Å²) in [5, 5.41) is 4.57. The highest BCUT2D eigenvalue weighted by Crippen LogP contribution is 2.48. The molecule has 2 N–H and O–H groups in total. The van der Waals surface area contributed by atoms with Crippen molar-refractivity contribution in [3.05, 3.63) is 69.3 Å².